The van der Waals surface area contributed by atoms with Crippen molar-refractivity contribution in [3.05, 3.63) is 54.0 Å². The number of nitrogens with one attached hydrogen (secondary N) is 1. The van der Waals surface area contributed by atoms with E-state index in [1.165, 1.54) is 30.5 Å². The number of phenolic OH excluding ortho intramolecular Hbond substituents is 4. The number of imidazole rings is 1. The lowest BCUT2D eigenvalue weighted by atomic mass is 10.1. The largest absolute Gasteiger partial charge is 0.504 e. The third-order valence-corrected chi connectivity index (χ3v) is 3.31. The minimum atomic E-state index is -0.463. The molecule has 0 saturated carbocycles. The summed E-state index contributed by atoms with van der Waals surface area (Å²) in [6.45, 7) is 0. The van der Waals surface area contributed by atoms with Gasteiger partial charge in [0.15, 0.2) is 28.8 Å². The van der Waals surface area contributed by atoms with Gasteiger partial charge in [0.2, 0.25) is 5.78 Å². The highest BCUT2D eigenvalue weighted by molar-refractivity contribution is 6.07. The fourth-order valence-electron chi connectivity index (χ4n) is 2.08. The maximum absolute atomic E-state index is 12.3. The van der Waals surface area contributed by atoms with Gasteiger partial charge in [-0.3, -0.25) is 4.79 Å². The van der Waals surface area contributed by atoms with Gasteiger partial charge in [-0.25, -0.2) is 4.98 Å². The Morgan fingerprint density at radius 2 is 1.52 bits per heavy atom. The monoisotopic (exact) mass is 312 g/mol. The van der Waals surface area contributed by atoms with Gasteiger partial charge < -0.3 is 25.4 Å². The molecule has 3 aromatic rings. The molecular formula is C16H12N2O5. The third kappa shape index (κ3) is 2.67. The van der Waals surface area contributed by atoms with Gasteiger partial charge in [0.05, 0.1) is 11.9 Å². The van der Waals surface area contributed by atoms with Gasteiger partial charge in [-0.1, -0.05) is 0 Å². The molecule has 0 unspecified atom stereocenters. The highest BCUT2D eigenvalue weighted by Crippen LogP contribution is 2.30. The molecule has 0 radical (unpaired) electrons. The van der Waals surface area contributed by atoms with Crippen molar-refractivity contribution < 1.29 is 25.2 Å². The van der Waals surface area contributed by atoms with E-state index in [0.29, 0.717) is 11.3 Å². The van der Waals surface area contributed by atoms with Crippen molar-refractivity contribution in [3.8, 4) is 34.3 Å². The van der Waals surface area contributed by atoms with E-state index in [2.05, 4.69) is 9.97 Å². The zero-order valence-corrected chi connectivity index (χ0v) is 11.7. The van der Waals surface area contributed by atoms with Gasteiger partial charge in [-0.05, 0) is 36.4 Å². The van der Waals surface area contributed by atoms with Crippen molar-refractivity contribution in [1.82, 2.24) is 9.97 Å². The second-order valence-electron chi connectivity index (χ2n) is 4.88. The van der Waals surface area contributed by atoms with E-state index in [0.717, 1.165) is 6.07 Å². The number of hydrogen-bond acceptors (Lipinski definition) is 6. The first-order valence-electron chi connectivity index (χ1n) is 6.60. The second-order valence-corrected chi connectivity index (χ2v) is 4.88. The molecule has 1 aromatic heterocycles. The molecular weight excluding hydrogens is 300 g/mol. The van der Waals surface area contributed by atoms with Crippen LogP contribution in [0.5, 0.6) is 23.0 Å². The van der Waals surface area contributed by atoms with Crippen molar-refractivity contribution in [2.24, 2.45) is 0 Å². The smallest absolute Gasteiger partial charge is 0.228 e. The Hall–Kier alpha value is -3.48. The number of carbonyl (C=O) groups is 1. The predicted molar refractivity (Wildman–Crippen MR) is 80.6 cm³/mol. The van der Waals surface area contributed by atoms with Crippen LogP contribution in [0.3, 0.4) is 0 Å². The number of aromatic hydroxyl groups is 4. The minimum Gasteiger partial charge on any atom is -0.504 e. The average molecular weight is 312 g/mol. The van der Waals surface area contributed by atoms with Crippen molar-refractivity contribution in [2.45, 2.75) is 0 Å². The molecule has 7 nitrogen and oxygen atoms in total. The predicted octanol–water partition coefficient (Wildman–Crippen LogP) is 2.13. The van der Waals surface area contributed by atoms with Crippen LogP contribution in [0.4, 0.5) is 0 Å². The van der Waals surface area contributed by atoms with Crippen LogP contribution in [0.15, 0.2) is 42.6 Å². The Labute approximate surface area is 130 Å². The van der Waals surface area contributed by atoms with Crippen molar-refractivity contribution in [3.63, 3.8) is 0 Å². The molecule has 0 saturated heterocycles. The van der Waals surface area contributed by atoms with E-state index in [1.54, 1.807) is 6.07 Å². The standard InChI is InChI=1S/C16H12N2O5/c19-11-3-1-8(5-13(11)21)10-7-17-16(18-10)15(23)9-2-4-12(20)14(22)6-9/h1-7,19-22H,(H,17,18). The van der Waals surface area contributed by atoms with Crippen LogP contribution in [0.2, 0.25) is 0 Å². The van der Waals surface area contributed by atoms with E-state index in [1.807, 2.05) is 0 Å². The number of ketones is 1. The van der Waals surface area contributed by atoms with Crippen LogP contribution >= 0.6 is 0 Å². The summed E-state index contributed by atoms with van der Waals surface area (Å²) in [6.07, 6.45) is 1.42. The molecule has 0 aliphatic carbocycles. The number of phenols is 4. The zero-order chi connectivity index (χ0) is 16.6. The fraction of sp³-hybridized carbons (Fsp3) is 0. The van der Waals surface area contributed by atoms with Gasteiger partial charge >= 0.3 is 0 Å². The number of aromatic nitrogens is 2. The average Bonchev–Trinajstić information content (AvgIpc) is 3.02. The summed E-state index contributed by atoms with van der Waals surface area (Å²) in [4.78, 5) is 19.1. The molecule has 3 rings (SSSR count). The Morgan fingerprint density at radius 3 is 2.17 bits per heavy atom. The first-order valence-corrected chi connectivity index (χ1v) is 6.60. The van der Waals surface area contributed by atoms with E-state index in [9.17, 15) is 25.2 Å². The Morgan fingerprint density at radius 1 is 0.870 bits per heavy atom. The molecule has 0 spiro atoms. The Balaban J connectivity index is 1.93. The Bertz CT molecular complexity index is 901. The van der Waals surface area contributed by atoms with Gasteiger partial charge in [0, 0.05) is 11.1 Å². The van der Waals surface area contributed by atoms with Gasteiger partial charge in [-0.15, -0.1) is 0 Å². The lowest BCUT2D eigenvalue weighted by molar-refractivity contribution is 0.103. The number of hydrogen-bond donors (Lipinski definition) is 5. The highest BCUT2D eigenvalue weighted by atomic mass is 16.3. The lowest BCUT2D eigenvalue weighted by Gasteiger charge is -2.02. The first-order chi connectivity index (χ1) is 11.0. The van der Waals surface area contributed by atoms with Gasteiger partial charge in [0.25, 0.3) is 0 Å². The van der Waals surface area contributed by atoms with E-state index in [-0.39, 0.29) is 28.6 Å². The van der Waals surface area contributed by atoms with Crippen LogP contribution in [-0.4, -0.2) is 36.2 Å². The number of nitrogens with zero attached hydrogens (tertiary/aromatic N) is 1. The normalized spacial score (nSPS) is 10.6. The molecule has 5 N–H and O–H groups in total. The summed E-state index contributed by atoms with van der Waals surface area (Å²) < 4.78 is 0. The zero-order valence-electron chi connectivity index (χ0n) is 11.7. The number of rotatable bonds is 3. The number of aromatic amines is 1. The summed E-state index contributed by atoms with van der Waals surface area (Å²) in [6, 6.07) is 7.94. The molecule has 0 bridgehead atoms. The third-order valence-electron chi connectivity index (χ3n) is 3.31. The summed E-state index contributed by atoms with van der Waals surface area (Å²) in [5.74, 6) is -1.67. The van der Waals surface area contributed by atoms with Gasteiger partial charge in [-0.2, -0.15) is 0 Å². The fourth-order valence-corrected chi connectivity index (χ4v) is 2.08. The lowest BCUT2D eigenvalue weighted by Crippen LogP contribution is -2.03. The van der Waals surface area contributed by atoms with E-state index < -0.39 is 11.5 Å². The molecule has 0 amide bonds. The van der Waals surface area contributed by atoms with E-state index in [4.69, 9.17) is 0 Å². The molecule has 2 aromatic carbocycles. The minimum absolute atomic E-state index is 0.0395. The molecule has 7 heteroatoms. The maximum atomic E-state index is 12.3. The van der Waals surface area contributed by atoms with Crippen LogP contribution < -0.4 is 0 Å². The number of H-pyrrole nitrogens is 1. The molecule has 23 heavy (non-hydrogen) atoms. The highest BCUT2D eigenvalue weighted by Gasteiger charge is 2.15. The second kappa shape index (κ2) is 5.38. The van der Waals surface area contributed by atoms with Gasteiger partial charge in [0.1, 0.15) is 0 Å². The van der Waals surface area contributed by atoms with Crippen molar-refractivity contribution in [2.75, 3.05) is 0 Å². The van der Waals surface area contributed by atoms with Crippen LogP contribution in [0.25, 0.3) is 11.3 Å². The quantitative estimate of drug-likeness (QED) is 0.372. The van der Waals surface area contributed by atoms with Crippen molar-refractivity contribution >= 4 is 5.78 Å². The molecule has 1 heterocycles. The number of benzene rings is 2. The molecule has 0 atom stereocenters. The summed E-state index contributed by atoms with van der Waals surface area (Å²) in [7, 11) is 0. The molecule has 0 aliphatic heterocycles. The van der Waals surface area contributed by atoms with Crippen LogP contribution in [0, 0.1) is 0 Å². The summed E-state index contributed by atoms with van der Waals surface area (Å²) in [5.41, 5.74) is 1.18. The molecule has 116 valence electrons. The summed E-state index contributed by atoms with van der Waals surface area (Å²) >= 11 is 0. The summed E-state index contributed by atoms with van der Waals surface area (Å²) in [5, 5.41) is 37.5. The molecule has 0 fully saturated rings. The first kappa shape index (κ1) is 14.5. The van der Waals surface area contributed by atoms with E-state index >= 15 is 0 Å². The maximum Gasteiger partial charge on any atom is 0.228 e. The van der Waals surface area contributed by atoms with Crippen molar-refractivity contribution in [1.29, 1.82) is 0 Å². The van der Waals surface area contributed by atoms with Crippen LogP contribution in [0.1, 0.15) is 16.2 Å². The SMILES string of the molecule is O=C(c1ccc(O)c(O)c1)c1ncc(-c2ccc(O)c(O)c2)[nH]1. The Kier molecular flexibility index (Phi) is 3.38. The van der Waals surface area contributed by atoms with Crippen LogP contribution in [-0.2, 0) is 0 Å². The number of carbonyl (C=O) groups excluding carboxylic acids is 1. The molecule has 0 aliphatic rings. The topological polar surface area (TPSA) is 127 Å².